The number of likely N-dealkylation sites (N-methyl/N-ethyl adjacent to an activating group) is 1. The molecule has 0 saturated carbocycles. The molecule has 17 heavy (non-hydrogen) atoms. The molecule has 1 heterocycles. The van der Waals surface area contributed by atoms with E-state index in [0.29, 0.717) is 6.04 Å². The Morgan fingerprint density at radius 1 is 1.41 bits per heavy atom. The average Bonchev–Trinajstić information content (AvgIpc) is 2.38. The third-order valence-corrected chi connectivity index (χ3v) is 3.59. The number of nitrogens with one attached hydrogen (secondary N) is 1. The first-order valence-corrected chi connectivity index (χ1v) is 6.58. The minimum Gasteiger partial charge on any atom is -0.398 e. The number of nitrogens with two attached hydrogens (primary N) is 1. The Hall–Kier alpha value is -1.06. The molecule has 1 aromatic carbocycles. The molecule has 0 bridgehead atoms. The average molecular weight is 233 g/mol. The van der Waals surface area contributed by atoms with Gasteiger partial charge in [-0.2, -0.15) is 0 Å². The van der Waals surface area contributed by atoms with Crippen LogP contribution in [0.1, 0.15) is 25.3 Å². The molecule has 2 rings (SSSR count). The molecule has 3 N–H and O–H groups in total. The van der Waals surface area contributed by atoms with Crippen LogP contribution in [0.15, 0.2) is 24.3 Å². The molecule has 3 heteroatoms. The van der Waals surface area contributed by atoms with Gasteiger partial charge in [-0.05, 0) is 37.6 Å². The maximum absolute atomic E-state index is 5.94. The second-order valence-corrected chi connectivity index (χ2v) is 4.81. The predicted octanol–water partition coefficient (Wildman–Crippen LogP) is 1.84. The van der Waals surface area contributed by atoms with Crippen molar-refractivity contribution in [3.63, 3.8) is 0 Å². The molecule has 0 radical (unpaired) electrons. The van der Waals surface area contributed by atoms with Crippen LogP contribution in [0.5, 0.6) is 0 Å². The van der Waals surface area contributed by atoms with E-state index in [2.05, 4.69) is 23.2 Å². The number of para-hydroxylation sites is 1. The van der Waals surface area contributed by atoms with Crippen LogP contribution >= 0.6 is 0 Å². The van der Waals surface area contributed by atoms with Gasteiger partial charge in [0.25, 0.3) is 0 Å². The van der Waals surface area contributed by atoms with Crippen molar-refractivity contribution in [2.45, 2.75) is 32.4 Å². The number of hydrogen-bond acceptors (Lipinski definition) is 3. The molecular weight excluding hydrogens is 210 g/mol. The van der Waals surface area contributed by atoms with Gasteiger partial charge in [0.2, 0.25) is 0 Å². The van der Waals surface area contributed by atoms with Crippen molar-refractivity contribution in [2.24, 2.45) is 0 Å². The molecule has 1 atom stereocenters. The molecule has 1 fully saturated rings. The number of nitrogen functional groups attached to an aromatic ring is 1. The molecule has 3 nitrogen and oxygen atoms in total. The number of piperidine rings is 1. The Bertz CT molecular complexity index is 351. The van der Waals surface area contributed by atoms with Crippen LogP contribution in [-0.2, 0) is 6.54 Å². The summed E-state index contributed by atoms with van der Waals surface area (Å²) in [6.07, 6.45) is 2.58. The quantitative estimate of drug-likeness (QED) is 0.780. The summed E-state index contributed by atoms with van der Waals surface area (Å²) >= 11 is 0. The summed E-state index contributed by atoms with van der Waals surface area (Å²) in [5.41, 5.74) is 8.04. The van der Waals surface area contributed by atoms with E-state index in [1.165, 1.54) is 31.5 Å². The zero-order chi connectivity index (χ0) is 12.1. The van der Waals surface area contributed by atoms with Crippen molar-refractivity contribution in [3.8, 4) is 0 Å². The molecule has 1 aliphatic rings. The summed E-state index contributed by atoms with van der Waals surface area (Å²) in [6.45, 7) is 6.70. The number of anilines is 1. The monoisotopic (exact) mass is 233 g/mol. The smallest absolute Gasteiger partial charge is 0.0359 e. The van der Waals surface area contributed by atoms with Gasteiger partial charge in [0.1, 0.15) is 0 Å². The molecule has 1 unspecified atom stereocenters. The lowest BCUT2D eigenvalue weighted by Crippen LogP contribution is -2.45. The normalized spacial score (nSPS) is 21.6. The van der Waals surface area contributed by atoms with Gasteiger partial charge < -0.3 is 16.0 Å². The molecule has 1 saturated heterocycles. The highest BCUT2D eigenvalue weighted by atomic mass is 15.2. The van der Waals surface area contributed by atoms with E-state index in [1.807, 2.05) is 18.2 Å². The van der Waals surface area contributed by atoms with Crippen LogP contribution in [0.2, 0.25) is 0 Å². The van der Waals surface area contributed by atoms with Crippen LogP contribution in [0.25, 0.3) is 0 Å². The Labute approximate surface area is 104 Å². The lowest BCUT2D eigenvalue weighted by molar-refractivity contribution is 0.198. The van der Waals surface area contributed by atoms with E-state index >= 15 is 0 Å². The predicted molar refractivity (Wildman–Crippen MR) is 72.8 cm³/mol. The molecule has 0 spiro atoms. The minimum atomic E-state index is 0.614. The number of nitrogens with zero attached hydrogens (tertiary/aromatic N) is 1. The van der Waals surface area contributed by atoms with Crippen molar-refractivity contribution < 1.29 is 0 Å². The molecule has 0 aliphatic carbocycles. The largest absolute Gasteiger partial charge is 0.398 e. The second kappa shape index (κ2) is 6.03. The van der Waals surface area contributed by atoms with Crippen LogP contribution in [0, 0.1) is 0 Å². The van der Waals surface area contributed by atoms with Gasteiger partial charge in [-0.15, -0.1) is 0 Å². The first-order valence-electron chi connectivity index (χ1n) is 6.58. The molecular formula is C14H23N3. The van der Waals surface area contributed by atoms with E-state index in [0.717, 1.165) is 18.8 Å². The van der Waals surface area contributed by atoms with Gasteiger partial charge in [0, 0.05) is 24.8 Å². The maximum atomic E-state index is 5.94. The van der Waals surface area contributed by atoms with Crippen molar-refractivity contribution in [1.29, 1.82) is 0 Å². The highest BCUT2D eigenvalue weighted by Crippen LogP contribution is 2.13. The SMILES string of the molecule is CCN1CCCC(NCc2ccccc2N)C1. The van der Waals surface area contributed by atoms with E-state index in [-0.39, 0.29) is 0 Å². The first kappa shape index (κ1) is 12.4. The minimum absolute atomic E-state index is 0.614. The lowest BCUT2D eigenvalue weighted by Gasteiger charge is -2.32. The van der Waals surface area contributed by atoms with Crippen molar-refractivity contribution in [3.05, 3.63) is 29.8 Å². The molecule has 1 aliphatic heterocycles. The second-order valence-electron chi connectivity index (χ2n) is 4.81. The summed E-state index contributed by atoms with van der Waals surface area (Å²) in [5, 5.41) is 3.62. The van der Waals surface area contributed by atoms with E-state index in [9.17, 15) is 0 Å². The third-order valence-electron chi connectivity index (χ3n) is 3.59. The molecule has 0 amide bonds. The van der Waals surface area contributed by atoms with Crippen molar-refractivity contribution in [1.82, 2.24) is 10.2 Å². The van der Waals surface area contributed by atoms with Gasteiger partial charge in [0.05, 0.1) is 0 Å². The fourth-order valence-electron chi connectivity index (χ4n) is 2.46. The fourth-order valence-corrected chi connectivity index (χ4v) is 2.46. The van der Waals surface area contributed by atoms with Crippen LogP contribution in [-0.4, -0.2) is 30.6 Å². The highest BCUT2D eigenvalue weighted by molar-refractivity contribution is 5.46. The van der Waals surface area contributed by atoms with Crippen LogP contribution in [0.4, 0.5) is 5.69 Å². The summed E-state index contributed by atoms with van der Waals surface area (Å²) < 4.78 is 0. The van der Waals surface area contributed by atoms with Gasteiger partial charge >= 0.3 is 0 Å². The topological polar surface area (TPSA) is 41.3 Å². The zero-order valence-corrected chi connectivity index (χ0v) is 10.7. The third kappa shape index (κ3) is 3.45. The number of likely N-dealkylation sites (tertiary alicyclic amines) is 1. The molecule has 1 aromatic rings. The van der Waals surface area contributed by atoms with Crippen LogP contribution < -0.4 is 11.1 Å². The van der Waals surface area contributed by atoms with Crippen LogP contribution in [0.3, 0.4) is 0 Å². The Balaban J connectivity index is 1.84. The number of hydrogen-bond donors (Lipinski definition) is 2. The van der Waals surface area contributed by atoms with Gasteiger partial charge in [0.15, 0.2) is 0 Å². The van der Waals surface area contributed by atoms with Gasteiger partial charge in [-0.25, -0.2) is 0 Å². The Kier molecular flexibility index (Phi) is 4.40. The van der Waals surface area contributed by atoms with Gasteiger partial charge in [-0.1, -0.05) is 25.1 Å². The Morgan fingerprint density at radius 2 is 2.24 bits per heavy atom. The number of benzene rings is 1. The Morgan fingerprint density at radius 3 is 3.00 bits per heavy atom. The summed E-state index contributed by atoms with van der Waals surface area (Å²) in [5.74, 6) is 0. The fraction of sp³-hybridized carbons (Fsp3) is 0.571. The van der Waals surface area contributed by atoms with E-state index in [1.54, 1.807) is 0 Å². The number of rotatable bonds is 4. The molecule has 0 aromatic heterocycles. The highest BCUT2D eigenvalue weighted by Gasteiger charge is 2.17. The maximum Gasteiger partial charge on any atom is 0.0359 e. The zero-order valence-electron chi connectivity index (χ0n) is 10.7. The summed E-state index contributed by atoms with van der Waals surface area (Å²) in [4.78, 5) is 2.51. The standard InChI is InChI=1S/C14H23N3/c1-2-17-9-5-7-13(11-17)16-10-12-6-3-4-8-14(12)15/h3-4,6,8,13,16H,2,5,7,9-11,15H2,1H3. The summed E-state index contributed by atoms with van der Waals surface area (Å²) in [7, 11) is 0. The van der Waals surface area contributed by atoms with Crippen molar-refractivity contribution in [2.75, 3.05) is 25.4 Å². The van der Waals surface area contributed by atoms with E-state index in [4.69, 9.17) is 5.73 Å². The van der Waals surface area contributed by atoms with E-state index < -0.39 is 0 Å². The molecule has 94 valence electrons. The first-order chi connectivity index (χ1) is 8.29. The van der Waals surface area contributed by atoms with Crippen molar-refractivity contribution >= 4 is 5.69 Å². The summed E-state index contributed by atoms with van der Waals surface area (Å²) in [6, 6.07) is 8.72. The lowest BCUT2D eigenvalue weighted by atomic mass is 10.1. The van der Waals surface area contributed by atoms with Gasteiger partial charge in [-0.3, -0.25) is 0 Å².